The van der Waals surface area contributed by atoms with Crippen molar-refractivity contribution in [2.45, 2.75) is 13.8 Å². The van der Waals surface area contributed by atoms with Gasteiger partial charge >= 0.3 is 0 Å². The first kappa shape index (κ1) is 9.17. The van der Waals surface area contributed by atoms with Gasteiger partial charge in [0.2, 0.25) is 0 Å². The van der Waals surface area contributed by atoms with Gasteiger partial charge in [-0.15, -0.1) is 0 Å². The lowest BCUT2D eigenvalue weighted by atomic mass is 10.4. The molecule has 0 aliphatic heterocycles. The molecule has 10 heavy (non-hydrogen) atoms. The fraction of sp³-hybridized carbons (Fsp3) is 0.571. The number of rotatable bonds is 4. The largest absolute Gasteiger partial charge is 0.472 e. The standard InChI is InChI=1S/C7H12O3/c1-6(8)4-7(2)10-5-9-3/h4H,5H2,1-3H3/b7-4+. The van der Waals surface area contributed by atoms with E-state index in [9.17, 15) is 4.79 Å². The van der Waals surface area contributed by atoms with Gasteiger partial charge < -0.3 is 9.47 Å². The van der Waals surface area contributed by atoms with Gasteiger partial charge in [-0.1, -0.05) is 0 Å². The first-order valence-corrected chi connectivity index (χ1v) is 2.97. The van der Waals surface area contributed by atoms with Gasteiger partial charge in [-0.25, -0.2) is 0 Å². The molecule has 0 bridgehead atoms. The van der Waals surface area contributed by atoms with Crippen LogP contribution in [-0.4, -0.2) is 19.7 Å². The van der Waals surface area contributed by atoms with Crippen molar-refractivity contribution in [3.63, 3.8) is 0 Å². The third-order valence-corrected chi connectivity index (χ3v) is 0.811. The van der Waals surface area contributed by atoms with Crippen molar-refractivity contribution in [1.82, 2.24) is 0 Å². The van der Waals surface area contributed by atoms with E-state index in [0.29, 0.717) is 5.76 Å². The normalized spacial score (nSPS) is 11.3. The minimum Gasteiger partial charge on any atom is -0.472 e. The summed E-state index contributed by atoms with van der Waals surface area (Å²) in [6, 6.07) is 0. The lowest BCUT2D eigenvalue weighted by molar-refractivity contribution is -0.112. The molecule has 3 heteroatoms. The van der Waals surface area contributed by atoms with Gasteiger partial charge in [0.05, 0.1) is 5.76 Å². The van der Waals surface area contributed by atoms with Gasteiger partial charge in [-0.3, -0.25) is 4.79 Å². The van der Waals surface area contributed by atoms with Crippen molar-refractivity contribution in [2.24, 2.45) is 0 Å². The number of carbonyl (C=O) groups excluding carboxylic acids is 1. The lowest BCUT2D eigenvalue weighted by Gasteiger charge is -2.02. The number of carbonyl (C=O) groups is 1. The summed E-state index contributed by atoms with van der Waals surface area (Å²) in [5, 5.41) is 0. The summed E-state index contributed by atoms with van der Waals surface area (Å²) >= 11 is 0. The molecule has 0 aliphatic rings. The van der Waals surface area contributed by atoms with Crippen LogP contribution in [0, 0.1) is 0 Å². The zero-order chi connectivity index (χ0) is 7.98. The quantitative estimate of drug-likeness (QED) is 0.336. The summed E-state index contributed by atoms with van der Waals surface area (Å²) in [5.41, 5.74) is 0. The molecular formula is C7H12O3. The van der Waals surface area contributed by atoms with E-state index in [0.717, 1.165) is 0 Å². The Labute approximate surface area is 60.6 Å². The molecule has 0 rings (SSSR count). The zero-order valence-electron chi connectivity index (χ0n) is 6.51. The number of allylic oxidation sites excluding steroid dienone is 2. The van der Waals surface area contributed by atoms with Crippen LogP contribution in [0.1, 0.15) is 13.8 Å². The molecule has 0 aromatic carbocycles. The molecule has 0 saturated carbocycles. The Kier molecular flexibility index (Phi) is 4.58. The highest BCUT2D eigenvalue weighted by atomic mass is 16.7. The first-order valence-electron chi connectivity index (χ1n) is 2.97. The van der Waals surface area contributed by atoms with E-state index in [-0.39, 0.29) is 12.6 Å². The van der Waals surface area contributed by atoms with Crippen molar-refractivity contribution in [3.05, 3.63) is 11.8 Å². The monoisotopic (exact) mass is 144 g/mol. The third kappa shape index (κ3) is 5.31. The Bertz CT molecular complexity index is 138. The van der Waals surface area contributed by atoms with Crippen molar-refractivity contribution >= 4 is 5.78 Å². The highest BCUT2D eigenvalue weighted by molar-refractivity contribution is 5.87. The number of methoxy groups -OCH3 is 1. The predicted molar refractivity (Wildman–Crippen MR) is 37.4 cm³/mol. The first-order chi connectivity index (χ1) is 4.66. The molecule has 0 aromatic rings. The van der Waals surface area contributed by atoms with Crippen LogP contribution in [0.25, 0.3) is 0 Å². The Morgan fingerprint density at radius 1 is 1.50 bits per heavy atom. The highest BCUT2D eigenvalue weighted by Gasteiger charge is 1.90. The summed E-state index contributed by atoms with van der Waals surface area (Å²) in [7, 11) is 1.53. The minimum absolute atomic E-state index is 0.0198. The molecule has 0 spiro atoms. The Morgan fingerprint density at radius 3 is 2.50 bits per heavy atom. The van der Waals surface area contributed by atoms with Gasteiger partial charge in [0.1, 0.15) is 0 Å². The minimum atomic E-state index is -0.0198. The van der Waals surface area contributed by atoms with E-state index in [1.54, 1.807) is 6.92 Å². The number of ketones is 1. The van der Waals surface area contributed by atoms with Crippen LogP contribution in [0.3, 0.4) is 0 Å². The van der Waals surface area contributed by atoms with Crippen LogP contribution in [-0.2, 0) is 14.3 Å². The second-order valence-electron chi connectivity index (χ2n) is 1.92. The van der Waals surface area contributed by atoms with Crippen molar-refractivity contribution in [1.29, 1.82) is 0 Å². The zero-order valence-corrected chi connectivity index (χ0v) is 6.51. The molecule has 0 amide bonds. The molecule has 0 saturated heterocycles. The predicted octanol–water partition coefficient (Wildman–Crippen LogP) is 1.10. The van der Waals surface area contributed by atoms with Crippen LogP contribution in [0.4, 0.5) is 0 Å². The van der Waals surface area contributed by atoms with E-state index in [4.69, 9.17) is 4.74 Å². The molecule has 0 fully saturated rings. The molecule has 58 valence electrons. The summed E-state index contributed by atoms with van der Waals surface area (Å²) in [5.74, 6) is 0.558. The summed E-state index contributed by atoms with van der Waals surface area (Å²) in [6.07, 6.45) is 1.42. The second kappa shape index (κ2) is 4.99. The van der Waals surface area contributed by atoms with E-state index in [1.807, 2.05) is 0 Å². The molecular weight excluding hydrogens is 132 g/mol. The molecule has 0 N–H and O–H groups in total. The van der Waals surface area contributed by atoms with Gasteiger partial charge in [0.15, 0.2) is 12.6 Å². The third-order valence-electron chi connectivity index (χ3n) is 0.811. The molecule has 0 unspecified atom stereocenters. The average molecular weight is 144 g/mol. The van der Waals surface area contributed by atoms with Crippen molar-refractivity contribution < 1.29 is 14.3 Å². The second-order valence-corrected chi connectivity index (χ2v) is 1.92. The fourth-order valence-electron chi connectivity index (χ4n) is 0.480. The maximum Gasteiger partial charge on any atom is 0.188 e. The molecule has 0 aliphatic carbocycles. The SMILES string of the molecule is COCO/C(C)=C/C(C)=O. The van der Waals surface area contributed by atoms with E-state index in [1.165, 1.54) is 20.1 Å². The van der Waals surface area contributed by atoms with Gasteiger partial charge in [0, 0.05) is 13.2 Å². The molecule has 0 radical (unpaired) electrons. The van der Waals surface area contributed by atoms with Gasteiger partial charge in [0.25, 0.3) is 0 Å². The smallest absolute Gasteiger partial charge is 0.188 e. The van der Waals surface area contributed by atoms with E-state index in [2.05, 4.69) is 4.74 Å². The Hall–Kier alpha value is -0.830. The van der Waals surface area contributed by atoms with E-state index < -0.39 is 0 Å². The maximum atomic E-state index is 10.4. The number of ether oxygens (including phenoxy) is 2. The Balaban J connectivity index is 3.60. The van der Waals surface area contributed by atoms with Crippen molar-refractivity contribution in [2.75, 3.05) is 13.9 Å². The lowest BCUT2D eigenvalue weighted by Crippen LogP contribution is -1.95. The van der Waals surface area contributed by atoms with Crippen LogP contribution >= 0.6 is 0 Å². The Morgan fingerprint density at radius 2 is 2.10 bits per heavy atom. The van der Waals surface area contributed by atoms with E-state index >= 15 is 0 Å². The molecule has 0 aromatic heterocycles. The molecule has 3 nitrogen and oxygen atoms in total. The maximum absolute atomic E-state index is 10.4. The summed E-state index contributed by atoms with van der Waals surface area (Å²) in [6.45, 7) is 3.37. The van der Waals surface area contributed by atoms with Crippen LogP contribution < -0.4 is 0 Å². The van der Waals surface area contributed by atoms with Gasteiger partial charge in [-0.05, 0) is 13.8 Å². The molecule has 0 atom stereocenters. The van der Waals surface area contributed by atoms with Crippen LogP contribution in [0.15, 0.2) is 11.8 Å². The average Bonchev–Trinajstić information content (AvgIpc) is 1.82. The topological polar surface area (TPSA) is 35.5 Å². The number of hydrogen-bond acceptors (Lipinski definition) is 3. The van der Waals surface area contributed by atoms with Gasteiger partial charge in [-0.2, -0.15) is 0 Å². The molecule has 0 heterocycles. The fourth-order valence-corrected chi connectivity index (χ4v) is 0.480. The van der Waals surface area contributed by atoms with Crippen LogP contribution in [0.5, 0.6) is 0 Å². The number of hydrogen-bond donors (Lipinski definition) is 0. The highest BCUT2D eigenvalue weighted by Crippen LogP contribution is 1.94. The van der Waals surface area contributed by atoms with Crippen molar-refractivity contribution in [3.8, 4) is 0 Å². The van der Waals surface area contributed by atoms with Crippen LogP contribution in [0.2, 0.25) is 0 Å². The summed E-state index contributed by atoms with van der Waals surface area (Å²) < 4.78 is 9.54. The summed E-state index contributed by atoms with van der Waals surface area (Å²) in [4.78, 5) is 10.4.